The van der Waals surface area contributed by atoms with Crippen LogP contribution in [0.25, 0.3) is 0 Å². The highest BCUT2D eigenvalue weighted by molar-refractivity contribution is 7.89. The summed E-state index contributed by atoms with van der Waals surface area (Å²) in [5.41, 5.74) is 2.81. The molecule has 2 aromatic rings. The van der Waals surface area contributed by atoms with Gasteiger partial charge in [0.05, 0.1) is 23.7 Å². The van der Waals surface area contributed by atoms with Gasteiger partial charge in [-0.05, 0) is 23.9 Å². The molecule has 4 nitrogen and oxygen atoms in total. The van der Waals surface area contributed by atoms with Crippen LogP contribution in [-0.4, -0.2) is 27.3 Å². The van der Waals surface area contributed by atoms with Gasteiger partial charge in [-0.1, -0.05) is 30.3 Å². The fourth-order valence-corrected chi connectivity index (χ4v) is 4.66. The zero-order chi connectivity index (χ0) is 16.3. The third kappa shape index (κ3) is 4.01. The maximum absolute atomic E-state index is 11.8. The summed E-state index contributed by atoms with van der Waals surface area (Å²) in [5, 5.41) is 2.06. The van der Waals surface area contributed by atoms with Crippen LogP contribution in [0.4, 0.5) is 0 Å². The van der Waals surface area contributed by atoms with Gasteiger partial charge in [0, 0.05) is 12.0 Å². The number of rotatable bonds is 6. The maximum Gasteiger partial charge on any atom is 0.211 e. The van der Waals surface area contributed by atoms with E-state index < -0.39 is 10.0 Å². The number of fused-ring (bicyclic) bond motifs is 1. The van der Waals surface area contributed by atoms with Gasteiger partial charge in [-0.25, -0.2) is 13.1 Å². The first-order valence-electron chi connectivity index (χ1n) is 8.01. The van der Waals surface area contributed by atoms with Gasteiger partial charge in [0.1, 0.15) is 12.6 Å². The Morgan fingerprint density at radius 1 is 1.22 bits per heavy atom. The monoisotopic (exact) mass is 351 g/mol. The minimum atomic E-state index is -3.16. The molecule has 1 aliphatic heterocycles. The van der Waals surface area contributed by atoms with E-state index in [-0.39, 0.29) is 11.8 Å². The molecule has 0 saturated carbocycles. The quantitative estimate of drug-likeness (QED) is 0.826. The summed E-state index contributed by atoms with van der Waals surface area (Å²) in [7, 11) is -3.16. The first-order chi connectivity index (χ1) is 11.1. The molecule has 3 rings (SSSR count). The van der Waals surface area contributed by atoms with Crippen molar-refractivity contribution in [2.45, 2.75) is 25.9 Å². The smallest absolute Gasteiger partial charge is 0.211 e. The van der Waals surface area contributed by atoms with Gasteiger partial charge in [-0.15, -0.1) is 11.3 Å². The summed E-state index contributed by atoms with van der Waals surface area (Å²) >= 11 is 1.71. The summed E-state index contributed by atoms with van der Waals surface area (Å²) in [6.45, 7) is 4.13. The summed E-state index contributed by atoms with van der Waals surface area (Å²) in [6.07, 6.45) is 1.05. The highest BCUT2D eigenvalue weighted by Crippen LogP contribution is 2.19. The Kier molecular flexibility index (Phi) is 5.16. The molecule has 6 heteroatoms. The van der Waals surface area contributed by atoms with Crippen LogP contribution in [0.1, 0.15) is 29.0 Å². The molecule has 0 radical (unpaired) electrons. The standard InChI is InChI=1S/C17H22N2O2S2/c1-2-23(20,21)18-12-16(17-8-5-11-22-17)19-10-9-14-6-3-4-7-15(14)13-19/h3-8,11,16,18H,2,9-10,12-13H2,1H3/p+1/t16-/m0/s1. The van der Waals surface area contributed by atoms with Gasteiger partial charge in [0.2, 0.25) is 10.0 Å². The zero-order valence-corrected chi connectivity index (χ0v) is 14.9. The topological polar surface area (TPSA) is 50.6 Å². The van der Waals surface area contributed by atoms with Gasteiger partial charge < -0.3 is 4.90 Å². The van der Waals surface area contributed by atoms with Crippen LogP contribution in [-0.2, 0) is 23.0 Å². The van der Waals surface area contributed by atoms with E-state index in [0.717, 1.165) is 19.5 Å². The molecule has 1 aromatic carbocycles. The van der Waals surface area contributed by atoms with Crippen molar-refractivity contribution in [3.63, 3.8) is 0 Å². The largest absolute Gasteiger partial charge is 0.323 e. The molecule has 0 aliphatic carbocycles. The number of thiophene rings is 1. The molecule has 1 aliphatic rings. The van der Waals surface area contributed by atoms with Crippen molar-refractivity contribution in [2.75, 3.05) is 18.8 Å². The second-order valence-electron chi connectivity index (χ2n) is 5.92. The highest BCUT2D eigenvalue weighted by atomic mass is 32.2. The molecule has 0 bridgehead atoms. The highest BCUT2D eigenvalue weighted by Gasteiger charge is 2.29. The van der Waals surface area contributed by atoms with E-state index in [4.69, 9.17) is 0 Å². The Hall–Kier alpha value is -1.21. The van der Waals surface area contributed by atoms with Gasteiger partial charge >= 0.3 is 0 Å². The van der Waals surface area contributed by atoms with Crippen LogP contribution in [0.3, 0.4) is 0 Å². The number of hydrogen-bond acceptors (Lipinski definition) is 3. The van der Waals surface area contributed by atoms with Crippen molar-refractivity contribution in [3.05, 3.63) is 57.8 Å². The molecule has 0 amide bonds. The molecule has 2 atom stereocenters. The number of hydrogen-bond donors (Lipinski definition) is 2. The molecule has 124 valence electrons. The number of nitrogens with one attached hydrogen (secondary N) is 2. The molecule has 1 unspecified atom stereocenters. The Morgan fingerprint density at radius 3 is 2.70 bits per heavy atom. The summed E-state index contributed by atoms with van der Waals surface area (Å²) in [4.78, 5) is 2.68. The second kappa shape index (κ2) is 7.13. The van der Waals surface area contributed by atoms with Crippen molar-refractivity contribution in [2.24, 2.45) is 0 Å². The molecule has 0 spiro atoms. The van der Waals surface area contributed by atoms with Crippen molar-refractivity contribution in [1.29, 1.82) is 0 Å². The van der Waals surface area contributed by atoms with Crippen LogP contribution in [0.5, 0.6) is 0 Å². The van der Waals surface area contributed by atoms with E-state index in [0.29, 0.717) is 6.54 Å². The zero-order valence-electron chi connectivity index (χ0n) is 13.3. The van der Waals surface area contributed by atoms with Crippen molar-refractivity contribution < 1.29 is 13.3 Å². The average Bonchev–Trinajstić information content (AvgIpc) is 3.09. The number of quaternary nitrogens is 1. The first-order valence-corrected chi connectivity index (χ1v) is 10.5. The van der Waals surface area contributed by atoms with Crippen molar-refractivity contribution in [3.8, 4) is 0 Å². The minimum absolute atomic E-state index is 0.127. The third-order valence-corrected chi connectivity index (χ3v) is 6.87. The summed E-state index contributed by atoms with van der Waals surface area (Å²) < 4.78 is 26.5. The van der Waals surface area contributed by atoms with Crippen molar-refractivity contribution >= 4 is 21.4 Å². The van der Waals surface area contributed by atoms with E-state index in [1.54, 1.807) is 18.3 Å². The number of benzene rings is 1. The Balaban J connectivity index is 1.79. The van der Waals surface area contributed by atoms with E-state index in [9.17, 15) is 8.42 Å². The van der Waals surface area contributed by atoms with E-state index in [2.05, 4.69) is 40.4 Å². The predicted octanol–water partition coefficient (Wildman–Crippen LogP) is 1.37. The summed E-state index contributed by atoms with van der Waals surface area (Å²) in [5.74, 6) is 0.127. The van der Waals surface area contributed by atoms with Gasteiger partial charge in [-0.3, -0.25) is 0 Å². The molecular formula is C17H23N2O2S2+. The van der Waals surface area contributed by atoms with Crippen LogP contribution in [0, 0.1) is 0 Å². The minimum Gasteiger partial charge on any atom is -0.323 e. The van der Waals surface area contributed by atoms with Gasteiger partial charge in [-0.2, -0.15) is 0 Å². The summed E-state index contributed by atoms with van der Waals surface area (Å²) in [6, 6.07) is 12.9. The van der Waals surface area contributed by atoms with Crippen molar-refractivity contribution in [1.82, 2.24) is 4.72 Å². The third-order valence-electron chi connectivity index (χ3n) is 4.52. The van der Waals surface area contributed by atoms with Crippen LogP contribution < -0.4 is 9.62 Å². The lowest BCUT2D eigenvalue weighted by Gasteiger charge is -2.32. The molecule has 1 aromatic heterocycles. The SMILES string of the molecule is CCS(=O)(=O)NC[C@@H](c1cccs1)[NH+]1CCc2ccccc2C1. The molecule has 2 N–H and O–H groups in total. The second-order valence-corrected chi connectivity index (χ2v) is 9.00. The average molecular weight is 352 g/mol. The Bertz CT molecular complexity index is 742. The molecule has 23 heavy (non-hydrogen) atoms. The molecule has 0 fully saturated rings. The predicted molar refractivity (Wildman–Crippen MR) is 94.2 cm³/mol. The molecular weight excluding hydrogens is 328 g/mol. The van der Waals surface area contributed by atoms with E-state index in [1.165, 1.54) is 20.9 Å². The Labute approximate surface area is 142 Å². The van der Waals surface area contributed by atoms with Crippen LogP contribution in [0.2, 0.25) is 0 Å². The number of sulfonamides is 1. The lowest BCUT2D eigenvalue weighted by atomic mass is 9.98. The van der Waals surface area contributed by atoms with E-state index in [1.807, 2.05) is 6.07 Å². The normalized spacial score (nSPS) is 19.3. The van der Waals surface area contributed by atoms with Gasteiger partial charge in [0.25, 0.3) is 0 Å². The first kappa shape index (κ1) is 16.6. The fourth-order valence-electron chi connectivity index (χ4n) is 3.15. The van der Waals surface area contributed by atoms with Gasteiger partial charge in [0.15, 0.2) is 0 Å². The lowest BCUT2D eigenvalue weighted by Crippen LogP contribution is -3.12. The van der Waals surface area contributed by atoms with E-state index >= 15 is 0 Å². The van der Waals surface area contributed by atoms with Crippen LogP contribution >= 0.6 is 11.3 Å². The maximum atomic E-state index is 11.8. The molecule has 2 heterocycles. The lowest BCUT2D eigenvalue weighted by molar-refractivity contribution is -0.945. The fraction of sp³-hybridized carbons (Fsp3) is 0.412. The van der Waals surface area contributed by atoms with Crippen LogP contribution in [0.15, 0.2) is 41.8 Å². The Morgan fingerprint density at radius 2 is 2.00 bits per heavy atom. The molecule has 0 saturated heterocycles.